The molecule has 2 aromatic heterocycles. The molecule has 1 aromatic carbocycles. The van der Waals surface area contributed by atoms with Crippen molar-refractivity contribution in [3.63, 3.8) is 0 Å². The first-order chi connectivity index (χ1) is 9.81. The van der Waals surface area contributed by atoms with Crippen molar-refractivity contribution in [2.45, 2.75) is 19.9 Å². The van der Waals surface area contributed by atoms with Crippen molar-refractivity contribution in [3.05, 3.63) is 47.4 Å². The number of pyridine rings is 1. The molecule has 2 N–H and O–H groups in total. The number of H-pyrrole nitrogens is 1. The van der Waals surface area contributed by atoms with Crippen molar-refractivity contribution in [1.82, 2.24) is 20.3 Å². The molecular formula is C16H18Cl2N4. The van der Waals surface area contributed by atoms with Crippen LogP contribution in [0.3, 0.4) is 0 Å². The van der Waals surface area contributed by atoms with Crippen LogP contribution in [0.25, 0.3) is 22.3 Å². The molecule has 0 bridgehead atoms. The minimum Gasteiger partial charge on any atom is -0.341 e. The largest absolute Gasteiger partial charge is 0.341 e. The predicted octanol–water partition coefficient (Wildman–Crippen LogP) is 3.42. The molecule has 0 saturated heterocycles. The van der Waals surface area contributed by atoms with Crippen LogP contribution in [0.15, 0.2) is 30.3 Å². The molecule has 0 fully saturated rings. The molecule has 3 heterocycles. The van der Waals surface area contributed by atoms with Gasteiger partial charge >= 0.3 is 0 Å². The minimum absolute atomic E-state index is 0. The lowest BCUT2D eigenvalue weighted by atomic mass is 10.1. The predicted molar refractivity (Wildman–Crippen MR) is 94.0 cm³/mol. The lowest BCUT2D eigenvalue weighted by molar-refractivity contribution is 0.627. The van der Waals surface area contributed by atoms with E-state index in [-0.39, 0.29) is 24.8 Å². The zero-order valence-corrected chi connectivity index (χ0v) is 13.9. The number of nitrogens with one attached hydrogen (secondary N) is 2. The van der Waals surface area contributed by atoms with E-state index in [1.807, 2.05) is 13.0 Å². The van der Waals surface area contributed by atoms with E-state index < -0.39 is 0 Å². The monoisotopic (exact) mass is 336 g/mol. The van der Waals surface area contributed by atoms with Crippen molar-refractivity contribution in [2.24, 2.45) is 0 Å². The van der Waals surface area contributed by atoms with Gasteiger partial charge in [-0.1, -0.05) is 18.2 Å². The number of hydrogen-bond donors (Lipinski definition) is 2. The number of imidazole rings is 1. The molecular weight excluding hydrogens is 319 g/mol. The molecule has 116 valence electrons. The summed E-state index contributed by atoms with van der Waals surface area (Å²) in [6.07, 6.45) is 0.994. The van der Waals surface area contributed by atoms with Gasteiger partial charge in [-0.3, -0.25) is 4.98 Å². The van der Waals surface area contributed by atoms with Crippen LogP contribution in [0, 0.1) is 6.92 Å². The number of nitrogens with zero attached hydrogens (tertiary/aromatic N) is 2. The number of hydrogen-bond acceptors (Lipinski definition) is 3. The summed E-state index contributed by atoms with van der Waals surface area (Å²) in [5, 5.41) is 4.52. The summed E-state index contributed by atoms with van der Waals surface area (Å²) in [5.74, 6) is 0.954. The Kier molecular flexibility index (Phi) is 5.06. The topological polar surface area (TPSA) is 53.6 Å². The SMILES string of the molecule is Cc1ccc2c(-c3nc4c([nH]3)CNCC4)cccc2n1.Cl.Cl. The maximum absolute atomic E-state index is 4.77. The van der Waals surface area contributed by atoms with E-state index in [9.17, 15) is 0 Å². The summed E-state index contributed by atoms with van der Waals surface area (Å²) < 4.78 is 0. The van der Waals surface area contributed by atoms with Crippen molar-refractivity contribution in [1.29, 1.82) is 0 Å². The molecule has 6 heteroatoms. The van der Waals surface area contributed by atoms with Crippen LogP contribution in [-0.2, 0) is 13.0 Å². The zero-order chi connectivity index (χ0) is 13.5. The Labute approximate surface area is 141 Å². The molecule has 4 nitrogen and oxygen atoms in total. The van der Waals surface area contributed by atoms with Gasteiger partial charge in [0, 0.05) is 36.2 Å². The highest BCUT2D eigenvalue weighted by Crippen LogP contribution is 2.27. The third-order valence-electron chi connectivity index (χ3n) is 3.83. The summed E-state index contributed by atoms with van der Waals surface area (Å²) in [5.41, 5.74) is 5.59. The quantitative estimate of drug-likeness (QED) is 0.715. The second kappa shape index (κ2) is 6.65. The number of benzene rings is 1. The molecule has 4 rings (SSSR count). The van der Waals surface area contributed by atoms with Crippen LogP contribution in [0.1, 0.15) is 17.1 Å². The normalized spacial score (nSPS) is 13.1. The van der Waals surface area contributed by atoms with Gasteiger partial charge in [-0.05, 0) is 19.1 Å². The fraction of sp³-hybridized carbons (Fsp3) is 0.250. The molecule has 0 unspecified atom stereocenters. The molecule has 0 radical (unpaired) electrons. The third kappa shape index (κ3) is 2.82. The minimum atomic E-state index is 0. The van der Waals surface area contributed by atoms with Gasteiger partial charge in [-0.15, -0.1) is 24.8 Å². The van der Waals surface area contributed by atoms with Gasteiger partial charge in [0.2, 0.25) is 0 Å². The average Bonchev–Trinajstić information content (AvgIpc) is 2.90. The van der Waals surface area contributed by atoms with E-state index in [1.54, 1.807) is 0 Å². The van der Waals surface area contributed by atoms with Crippen LogP contribution in [0.2, 0.25) is 0 Å². The van der Waals surface area contributed by atoms with Crippen molar-refractivity contribution >= 4 is 35.7 Å². The summed E-state index contributed by atoms with van der Waals surface area (Å²) in [7, 11) is 0. The highest BCUT2D eigenvalue weighted by molar-refractivity contribution is 5.93. The first-order valence-corrected chi connectivity index (χ1v) is 6.96. The number of aromatic nitrogens is 3. The molecule has 0 amide bonds. The molecule has 0 saturated carbocycles. The Morgan fingerprint density at radius 1 is 1.05 bits per heavy atom. The lowest BCUT2D eigenvalue weighted by Crippen LogP contribution is -2.23. The van der Waals surface area contributed by atoms with E-state index in [4.69, 9.17) is 4.98 Å². The van der Waals surface area contributed by atoms with Gasteiger partial charge in [0.15, 0.2) is 0 Å². The highest BCUT2D eigenvalue weighted by Gasteiger charge is 2.16. The Bertz CT molecular complexity index is 774. The summed E-state index contributed by atoms with van der Waals surface area (Å²) in [6, 6.07) is 10.4. The van der Waals surface area contributed by atoms with Crippen LogP contribution in [-0.4, -0.2) is 21.5 Å². The molecule has 0 atom stereocenters. The molecule has 0 spiro atoms. The highest BCUT2D eigenvalue weighted by atomic mass is 35.5. The number of fused-ring (bicyclic) bond motifs is 2. The Morgan fingerprint density at radius 3 is 2.73 bits per heavy atom. The Hall–Kier alpha value is -1.62. The first-order valence-electron chi connectivity index (χ1n) is 6.96. The maximum Gasteiger partial charge on any atom is 0.138 e. The first kappa shape index (κ1) is 16.7. The van der Waals surface area contributed by atoms with Crippen molar-refractivity contribution in [2.75, 3.05) is 6.54 Å². The molecule has 1 aliphatic heterocycles. The molecule has 3 aromatic rings. The van der Waals surface area contributed by atoms with Crippen LogP contribution >= 0.6 is 24.8 Å². The summed E-state index contributed by atoms with van der Waals surface area (Å²) >= 11 is 0. The molecule has 1 aliphatic rings. The third-order valence-corrected chi connectivity index (χ3v) is 3.83. The van der Waals surface area contributed by atoms with Gasteiger partial charge in [0.1, 0.15) is 5.82 Å². The van der Waals surface area contributed by atoms with Gasteiger partial charge in [0.25, 0.3) is 0 Å². The van der Waals surface area contributed by atoms with Crippen LogP contribution in [0.5, 0.6) is 0 Å². The average molecular weight is 337 g/mol. The fourth-order valence-electron chi connectivity index (χ4n) is 2.81. The summed E-state index contributed by atoms with van der Waals surface area (Å²) in [4.78, 5) is 12.8. The fourth-order valence-corrected chi connectivity index (χ4v) is 2.81. The van der Waals surface area contributed by atoms with Gasteiger partial charge in [-0.2, -0.15) is 0 Å². The molecule has 22 heavy (non-hydrogen) atoms. The van der Waals surface area contributed by atoms with Crippen molar-refractivity contribution in [3.8, 4) is 11.4 Å². The second-order valence-electron chi connectivity index (χ2n) is 5.26. The lowest BCUT2D eigenvalue weighted by Gasteiger charge is -2.09. The second-order valence-corrected chi connectivity index (χ2v) is 5.26. The van der Waals surface area contributed by atoms with Crippen LogP contribution in [0.4, 0.5) is 0 Å². The number of rotatable bonds is 1. The summed E-state index contributed by atoms with van der Waals surface area (Å²) in [6.45, 7) is 3.90. The standard InChI is InChI=1S/C16H16N4.2ClH/c1-10-5-6-11-12(3-2-4-13(11)18-10)16-19-14-7-8-17-9-15(14)20-16;;/h2-6,17H,7-9H2,1H3,(H,19,20);2*1H. The number of aryl methyl sites for hydroxylation is 1. The van der Waals surface area contributed by atoms with E-state index in [0.717, 1.165) is 47.5 Å². The Balaban J connectivity index is 0.000000882. The van der Waals surface area contributed by atoms with E-state index in [1.165, 1.54) is 11.4 Å². The van der Waals surface area contributed by atoms with Crippen molar-refractivity contribution < 1.29 is 0 Å². The van der Waals surface area contributed by atoms with E-state index in [0.29, 0.717) is 0 Å². The van der Waals surface area contributed by atoms with Crippen LogP contribution < -0.4 is 5.32 Å². The molecule has 0 aliphatic carbocycles. The number of halogens is 2. The van der Waals surface area contributed by atoms with E-state index in [2.05, 4.69) is 39.6 Å². The van der Waals surface area contributed by atoms with Gasteiger partial charge < -0.3 is 10.3 Å². The van der Waals surface area contributed by atoms with E-state index >= 15 is 0 Å². The van der Waals surface area contributed by atoms with Gasteiger partial charge in [0.05, 0.1) is 16.9 Å². The maximum atomic E-state index is 4.77. The van der Waals surface area contributed by atoms with Gasteiger partial charge in [-0.25, -0.2) is 4.98 Å². The zero-order valence-electron chi connectivity index (χ0n) is 12.2. The smallest absolute Gasteiger partial charge is 0.138 e. The Morgan fingerprint density at radius 2 is 1.91 bits per heavy atom. The number of aromatic amines is 1.